The lowest BCUT2D eigenvalue weighted by Crippen LogP contribution is -2.48. The van der Waals surface area contributed by atoms with Crippen molar-refractivity contribution in [2.45, 2.75) is 26.4 Å². The van der Waals surface area contributed by atoms with E-state index in [1.165, 1.54) is 0 Å². The van der Waals surface area contributed by atoms with E-state index in [1.54, 1.807) is 48.5 Å². The zero-order valence-corrected chi connectivity index (χ0v) is 17.3. The summed E-state index contributed by atoms with van der Waals surface area (Å²) in [4.78, 5) is 24.4. The number of benzene rings is 2. The van der Waals surface area contributed by atoms with Gasteiger partial charge in [0.2, 0.25) is 0 Å². The molecule has 6 nitrogen and oxygen atoms in total. The second-order valence-electron chi connectivity index (χ2n) is 5.71. The number of ether oxygens (including phenoxy) is 1. The molecule has 0 aromatic heterocycles. The van der Waals surface area contributed by atoms with Crippen LogP contribution in [0.2, 0.25) is 0 Å². The van der Waals surface area contributed by atoms with E-state index in [1.807, 2.05) is 13.8 Å². The van der Waals surface area contributed by atoms with Gasteiger partial charge in [-0.2, -0.15) is 0 Å². The second kappa shape index (κ2) is 10.0. The van der Waals surface area contributed by atoms with Gasteiger partial charge in [-0.3, -0.25) is 25.8 Å². The Morgan fingerprint density at radius 3 is 2.56 bits per heavy atom. The summed E-state index contributed by atoms with van der Waals surface area (Å²) in [6, 6.07) is 13.8. The van der Waals surface area contributed by atoms with E-state index in [4.69, 9.17) is 17.0 Å². The number of rotatable bonds is 5. The van der Waals surface area contributed by atoms with Gasteiger partial charge in [-0.05, 0) is 71.8 Å². The molecule has 1 atom stereocenters. The molecule has 2 amide bonds. The SMILES string of the molecule is CCC(C)Oc1cccc(C(=O)NC(=S)NNC(=O)c2ccccc2Br)c1. The number of carbonyl (C=O) groups excluding carboxylic acids is 2. The molecule has 142 valence electrons. The molecule has 0 radical (unpaired) electrons. The summed E-state index contributed by atoms with van der Waals surface area (Å²) in [6.45, 7) is 3.98. The Balaban J connectivity index is 1.90. The first-order valence-corrected chi connectivity index (χ1v) is 9.53. The molecule has 2 aromatic rings. The lowest BCUT2D eigenvalue weighted by atomic mass is 10.2. The Hall–Kier alpha value is -2.45. The van der Waals surface area contributed by atoms with Crippen LogP contribution in [0.15, 0.2) is 53.0 Å². The summed E-state index contributed by atoms with van der Waals surface area (Å²) in [5.74, 6) is -0.182. The van der Waals surface area contributed by atoms with Gasteiger partial charge in [-0.15, -0.1) is 0 Å². The fourth-order valence-electron chi connectivity index (χ4n) is 2.06. The number of amides is 2. The highest BCUT2D eigenvalue weighted by atomic mass is 79.9. The first-order chi connectivity index (χ1) is 12.9. The van der Waals surface area contributed by atoms with Crippen molar-refractivity contribution in [3.63, 3.8) is 0 Å². The van der Waals surface area contributed by atoms with Gasteiger partial charge in [0.25, 0.3) is 11.8 Å². The zero-order chi connectivity index (χ0) is 19.8. The van der Waals surface area contributed by atoms with E-state index in [9.17, 15) is 9.59 Å². The molecule has 3 N–H and O–H groups in total. The summed E-state index contributed by atoms with van der Waals surface area (Å²) in [5, 5.41) is 2.49. The van der Waals surface area contributed by atoms with Crippen LogP contribution in [0.3, 0.4) is 0 Å². The molecule has 8 heteroatoms. The predicted molar refractivity (Wildman–Crippen MR) is 112 cm³/mol. The van der Waals surface area contributed by atoms with E-state index in [0.29, 0.717) is 21.3 Å². The number of hydrogen-bond acceptors (Lipinski definition) is 4. The van der Waals surface area contributed by atoms with E-state index in [2.05, 4.69) is 32.1 Å². The van der Waals surface area contributed by atoms with Crippen LogP contribution < -0.4 is 20.9 Å². The average Bonchev–Trinajstić information content (AvgIpc) is 2.66. The summed E-state index contributed by atoms with van der Waals surface area (Å²) >= 11 is 8.35. The molecule has 0 saturated carbocycles. The summed E-state index contributed by atoms with van der Waals surface area (Å²) in [6.07, 6.45) is 0.917. The summed E-state index contributed by atoms with van der Waals surface area (Å²) in [7, 11) is 0. The summed E-state index contributed by atoms with van der Waals surface area (Å²) < 4.78 is 6.36. The van der Waals surface area contributed by atoms with Crippen molar-refractivity contribution in [3.8, 4) is 5.75 Å². The second-order valence-corrected chi connectivity index (χ2v) is 6.97. The maximum atomic E-state index is 12.3. The Morgan fingerprint density at radius 2 is 1.85 bits per heavy atom. The van der Waals surface area contributed by atoms with Crippen LogP contribution in [0.1, 0.15) is 41.0 Å². The molecule has 27 heavy (non-hydrogen) atoms. The highest BCUT2D eigenvalue weighted by molar-refractivity contribution is 9.10. The van der Waals surface area contributed by atoms with Crippen LogP contribution >= 0.6 is 28.1 Å². The normalized spacial score (nSPS) is 11.2. The molecule has 0 saturated heterocycles. The smallest absolute Gasteiger partial charge is 0.270 e. The largest absolute Gasteiger partial charge is 0.491 e. The van der Waals surface area contributed by atoms with Crippen molar-refractivity contribution in [1.82, 2.24) is 16.2 Å². The van der Waals surface area contributed by atoms with E-state index in [-0.39, 0.29) is 17.1 Å². The third-order valence-electron chi connectivity index (χ3n) is 3.64. The topological polar surface area (TPSA) is 79.5 Å². The maximum absolute atomic E-state index is 12.3. The highest BCUT2D eigenvalue weighted by Gasteiger charge is 2.12. The predicted octanol–water partition coefficient (Wildman–Crippen LogP) is 3.58. The van der Waals surface area contributed by atoms with Crippen LogP contribution in [-0.4, -0.2) is 23.0 Å². The van der Waals surface area contributed by atoms with Crippen molar-refractivity contribution in [1.29, 1.82) is 0 Å². The van der Waals surface area contributed by atoms with Gasteiger partial charge in [-0.1, -0.05) is 25.1 Å². The fourth-order valence-corrected chi connectivity index (χ4v) is 2.67. The van der Waals surface area contributed by atoms with E-state index >= 15 is 0 Å². The standard InChI is InChI=1S/C19H20BrN3O3S/c1-3-12(2)26-14-8-6-7-13(11-14)17(24)21-19(27)23-22-18(25)15-9-4-5-10-16(15)20/h4-12H,3H2,1-2H3,(H,22,25)(H2,21,23,24,27). The fraction of sp³-hybridized carbons (Fsp3) is 0.211. The lowest BCUT2D eigenvalue weighted by molar-refractivity contribution is 0.0934. The molecule has 2 rings (SSSR count). The minimum absolute atomic E-state index is 0.0198. The number of hydrazine groups is 1. The molecule has 0 spiro atoms. The van der Waals surface area contributed by atoms with Gasteiger partial charge in [0.1, 0.15) is 5.75 Å². The molecule has 0 bridgehead atoms. The number of nitrogens with one attached hydrogen (secondary N) is 3. The number of hydrogen-bond donors (Lipinski definition) is 3. The molecule has 2 aromatic carbocycles. The van der Waals surface area contributed by atoms with Gasteiger partial charge in [-0.25, -0.2) is 0 Å². The molecule has 0 aliphatic carbocycles. The third kappa shape index (κ3) is 6.33. The Kier molecular flexibility index (Phi) is 7.75. The molecular weight excluding hydrogens is 430 g/mol. The summed E-state index contributed by atoms with van der Waals surface area (Å²) in [5.41, 5.74) is 5.79. The first kappa shape index (κ1) is 20.9. The number of carbonyl (C=O) groups is 2. The molecule has 1 unspecified atom stereocenters. The quantitative estimate of drug-likeness (QED) is 0.480. The molecule has 0 fully saturated rings. The average molecular weight is 450 g/mol. The van der Waals surface area contributed by atoms with E-state index < -0.39 is 5.91 Å². The maximum Gasteiger partial charge on any atom is 0.270 e. The Morgan fingerprint density at radius 1 is 1.11 bits per heavy atom. The van der Waals surface area contributed by atoms with Crippen molar-refractivity contribution in [2.75, 3.05) is 0 Å². The number of thiocarbonyl (C=S) groups is 1. The van der Waals surface area contributed by atoms with Crippen LogP contribution in [0, 0.1) is 0 Å². The molecular formula is C19H20BrN3O3S. The molecule has 0 aliphatic rings. The minimum Gasteiger partial charge on any atom is -0.491 e. The van der Waals surface area contributed by atoms with Crippen LogP contribution in [-0.2, 0) is 0 Å². The van der Waals surface area contributed by atoms with Gasteiger partial charge >= 0.3 is 0 Å². The van der Waals surface area contributed by atoms with Crippen LogP contribution in [0.4, 0.5) is 0 Å². The minimum atomic E-state index is -0.405. The van der Waals surface area contributed by atoms with Crippen LogP contribution in [0.25, 0.3) is 0 Å². The van der Waals surface area contributed by atoms with E-state index in [0.717, 1.165) is 6.42 Å². The third-order valence-corrected chi connectivity index (χ3v) is 4.54. The van der Waals surface area contributed by atoms with Gasteiger partial charge in [0.15, 0.2) is 5.11 Å². The van der Waals surface area contributed by atoms with Crippen molar-refractivity contribution in [2.24, 2.45) is 0 Å². The zero-order valence-electron chi connectivity index (χ0n) is 14.9. The molecule has 0 aliphatic heterocycles. The van der Waals surface area contributed by atoms with Crippen LogP contribution in [0.5, 0.6) is 5.75 Å². The number of halogens is 1. The molecule has 0 heterocycles. The van der Waals surface area contributed by atoms with Gasteiger partial charge < -0.3 is 4.74 Å². The first-order valence-electron chi connectivity index (χ1n) is 8.33. The highest BCUT2D eigenvalue weighted by Crippen LogP contribution is 2.16. The van der Waals surface area contributed by atoms with Gasteiger partial charge in [0, 0.05) is 10.0 Å². The monoisotopic (exact) mass is 449 g/mol. The van der Waals surface area contributed by atoms with Gasteiger partial charge in [0.05, 0.1) is 11.7 Å². The van der Waals surface area contributed by atoms with Crippen molar-refractivity contribution < 1.29 is 14.3 Å². The Bertz CT molecular complexity index is 844. The lowest BCUT2D eigenvalue weighted by Gasteiger charge is -2.14. The van der Waals surface area contributed by atoms with Crippen molar-refractivity contribution in [3.05, 3.63) is 64.1 Å². The van der Waals surface area contributed by atoms with Crippen molar-refractivity contribution >= 4 is 45.1 Å². The Labute approximate surface area is 171 Å².